The quantitative estimate of drug-likeness (QED) is 0.0214. The minimum absolute atomic E-state index is 0.0284. The molecule has 0 aliphatic rings. The maximum absolute atomic E-state index is 12.7. The molecule has 0 aliphatic carbocycles. The lowest BCUT2D eigenvalue weighted by Crippen LogP contribution is -2.37. The number of likely N-dealkylation sites (N-methyl/N-ethyl adjacent to an activating group) is 1. The smallest absolute Gasteiger partial charge is 0.462 e. The fourth-order valence-corrected chi connectivity index (χ4v) is 6.78. The van der Waals surface area contributed by atoms with Crippen molar-refractivity contribution in [1.29, 1.82) is 0 Å². The second-order valence-electron chi connectivity index (χ2n) is 16.4. The Labute approximate surface area is 344 Å². The zero-order chi connectivity index (χ0) is 41.4. The molecule has 0 fully saturated rings. The zero-order valence-electron chi connectivity index (χ0n) is 36.9. The molecule has 0 spiro atoms. The Balaban J connectivity index is 4.37. The summed E-state index contributed by atoms with van der Waals surface area (Å²) in [7, 11) is 1.47. The van der Waals surface area contributed by atoms with Gasteiger partial charge in [0.1, 0.15) is 19.8 Å². The predicted octanol–water partition coefficient (Wildman–Crippen LogP) is 12.9. The number of hydrogen-bond acceptors (Lipinski definition) is 7. The number of allylic oxidation sites excluding steroid dienone is 6. The summed E-state index contributed by atoms with van der Waals surface area (Å²) in [6, 6.07) is 0. The third-order valence-corrected chi connectivity index (χ3v) is 10.6. The minimum atomic E-state index is -4.38. The van der Waals surface area contributed by atoms with Crippen LogP contribution < -0.4 is 0 Å². The molecule has 0 aromatic carbocycles. The van der Waals surface area contributed by atoms with Gasteiger partial charge in [0.25, 0.3) is 0 Å². The molecule has 2 atom stereocenters. The van der Waals surface area contributed by atoms with Crippen molar-refractivity contribution in [3.63, 3.8) is 0 Å². The van der Waals surface area contributed by atoms with Gasteiger partial charge in [0.2, 0.25) is 0 Å². The Morgan fingerprint density at radius 1 is 0.554 bits per heavy atom. The van der Waals surface area contributed by atoms with E-state index >= 15 is 0 Å². The zero-order valence-corrected chi connectivity index (χ0v) is 37.8. The van der Waals surface area contributed by atoms with E-state index in [-0.39, 0.29) is 32.0 Å². The average Bonchev–Trinajstić information content (AvgIpc) is 3.15. The molecular formula is C46H87NO8P+. The second-order valence-corrected chi connectivity index (χ2v) is 17.9. The molecule has 328 valence electrons. The first-order valence-corrected chi connectivity index (χ1v) is 24.2. The summed E-state index contributed by atoms with van der Waals surface area (Å²) >= 11 is 0. The number of phosphoric acid groups is 1. The van der Waals surface area contributed by atoms with Crippen molar-refractivity contribution in [2.45, 2.75) is 200 Å². The molecular weight excluding hydrogens is 725 g/mol. The number of unbranched alkanes of at least 4 members (excludes halogenated alkanes) is 21. The van der Waals surface area contributed by atoms with Crippen molar-refractivity contribution in [3.8, 4) is 0 Å². The summed E-state index contributed by atoms with van der Waals surface area (Å²) in [5, 5.41) is 0. The maximum Gasteiger partial charge on any atom is 0.472 e. The minimum Gasteiger partial charge on any atom is -0.462 e. The lowest BCUT2D eigenvalue weighted by Gasteiger charge is -2.24. The van der Waals surface area contributed by atoms with E-state index in [1.165, 1.54) is 89.9 Å². The van der Waals surface area contributed by atoms with Gasteiger partial charge in [0.15, 0.2) is 6.10 Å². The molecule has 0 radical (unpaired) electrons. The van der Waals surface area contributed by atoms with Gasteiger partial charge in [-0.2, -0.15) is 0 Å². The van der Waals surface area contributed by atoms with Crippen LogP contribution in [-0.2, 0) is 32.7 Å². The van der Waals surface area contributed by atoms with Crippen LogP contribution in [0, 0.1) is 0 Å². The SMILES string of the molecule is CCCCC/C=C/C/C=C/CCCCCCCC(=O)OC[C@H](COP(=O)(O)OCC[N+](C)(C)C)OC(=O)CCCCCCCCC/C=C/CCCCCCCC. The number of nitrogens with zero attached hydrogens (tertiary/aromatic N) is 1. The maximum atomic E-state index is 12.7. The van der Waals surface area contributed by atoms with Crippen molar-refractivity contribution in [1.82, 2.24) is 0 Å². The number of carbonyl (C=O) groups is 2. The summed E-state index contributed by atoms with van der Waals surface area (Å²) < 4.78 is 34.3. The van der Waals surface area contributed by atoms with Crippen LogP contribution in [-0.4, -0.2) is 74.9 Å². The highest BCUT2D eigenvalue weighted by Gasteiger charge is 2.27. The standard InChI is InChI=1S/C46H86NO8P/c1-6-8-10-12-14-16-18-20-22-23-25-27-29-31-33-35-37-39-46(49)55-44(43-54-56(50,51)53-41-40-47(3,4)5)42-52-45(48)38-36-34-32-30-28-26-24-21-19-17-15-13-11-9-7-2/h15,17,20-22,24,44H,6-14,16,18-19,23,25-43H2,1-5H3/p+1/b17-15+,22-20+,24-21+/t44-/m1/s1. The van der Waals surface area contributed by atoms with Gasteiger partial charge in [0.05, 0.1) is 27.7 Å². The molecule has 0 aromatic rings. The summed E-state index contributed by atoms with van der Waals surface area (Å²) in [4.78, 5) is 35.4. The molecule has 0 aliphatic heterocycles. The van der Waals surface area contributed by atoms with Gasteiger partial charge < -0.3 is 18.9 Å². The van der Waals surface area contributed by atoms with E-state index < -0.39 is 26.5 Å². The summed E-state index contributed by atoms with van der Waals surface area (Å²) in [5.74, 6) is -0.817. The van der Waals surface area contributed by atoms with Crippen LogP contribution in [0.25, 0.3) is 0 Å². The number of rotatable bonds is 41. The molecule has 0 aromatic heterocycles. The van der Waals surface area contributed by atoms with E-state index in [1.54, 1.807) is 0 Å². The summed E-state index contributed by atoms with van der Waals surface area (Å²) in [6.45, 7) is 4.38. The summed E-state index contributed by atoms with van der Waals surface area (Å²) in [6.07, 6.45) is 43.3. The van der Waals surface area contributed by atoms with Crippen molar-refractivity contribution < 1.29 is 42.1 Å². The number of carbonyl (C=O) groups excluding carboxylic acids is 2. The molecule has 1 N–H and O–H groups in total. The summed E-state index contributed by atoms with van der Waals surface area (Å²) in [5.41, 5.74) is 0. The molecule has 1 unspecified atom stereocenters. The van der Waals surface area contributed by atoms with Crippen LogP contribution in [0.5, 0.6) is 0 Å². The van der Waals surface area contributed by atoms with Gasteiger partial charge in [-0.25, -0.2) is 4.57 Å². The van der Waals surface area contributed by atoms with E-state index in [4.69, 9.17) is 18.5 Å². The van der Waals surface area contributed by atoms with Crippen LogP contribution in [0.4, 0.5) is 0 Å². The number of phosphoric ester groups is 1. The number of hydrogen-bond donors (Lipinski definition) is 1. The highest BCUT2D eigenvalue weighted by molar-refractivity contribution is 7.47. The Morgan fingerprint density at radius 2 is 0.964 bits per heavy atom. The Hall–Kier alpha value is -1.77. The molecule has 0 heterocycles. The van der Waals surface area contributed by atoms with E-state index in [9.17, 15) is 19.0 Å². The molecule has 0 saturated heterocycles. The molecule has 0 rings (SSSR count). The molecule has 0 saturated carbocycles. The molecule has 0 bridgehead atoms. The second kappa shape index (κ2) is 38.7. The number of ether oxygens (including phenoxy) is 2. The van der Waals surface area contributed by atoms with Crippen LogP contribution in [0.1, 0.15) is 194 Å². The van der Waals surface area contributed by atoms with Crippen molar-refractivity contribution >= 4 is 19.8 Å². The predicted molar refractivity (Wildman–Crippen MR) is 234 cm³/mol. The van der Waals surface area contributed by atoms with Gasteiger partial charge >= 0.3 is 19.8 Å². The normalized spacial score (nSPS) is 13.9. The van der Waals surface area contributed by atoms with Crippen molar-refractivity contribution in [2.75, 3.05) is 47.5 Å². The number of esters is 2. The van der Waals surface area contributed by atoms with E-state index in [0.29, 0.717) is 17.4 Å². The van der Waals surface area contributed by atoms with Crippen molar-refractivity contribution in [2.24, 2.45) is 0 Å². The third kappa shape index (κ3) is 41.9. The highest BCUT2D eigenvalue weighted by Crippen LogP contribution is 2.43. The Morgan fingerprint density at radius 3 is 1.46 bits per heavy atom. The molecule has 56 heavy (non-hydrogen) atoms. The lowest BCUT2D eigenvalue weighted by molar-refractivity contribution is -0.870. The van der Waals surface area contributed by atoms with E-state index in [0.717, 1.165) is 70.6 Å². The van der Waals surface area contributed by atoms with Crippen LogP contribution in [0.15, 0.2) is 36.5 Å². The topological polar surface area (TPSA) is 108 Å². The first-order valence-electron chi connectivity index (χ1n) is 22.7. The first-order chi connectivity index (χ1) is 27.0. The van der Waals surface area contributed by atoms with Crippen LogP contribution >= 0.6 is 7.82 Å². The molecule has 9 nitrogen and oxygen atoms in total. The molecule has 0 amide bonds. The number of quaternary nitrogens is 1. The fraction of sp³-hybridized carbons (Fsp3) is 0.826. The fourth-order valence-electron chi connectivity index (χ4n) is 6.04. The van der Waals surface area contributed by atoms with Gasteiger partial charge in [-0.15, -0.1) is 0 Å². The van der Waals surface area contributed by atoms with Gasteiger partial charge in [-0.05, 0) is 70.6 Å². The van der Waals surface area contributed by atoms with Crippen LogP contribution in [0.3, 0.4) is 0 Å². The van der Waals surface area contributed by atoms with Gasteiger partial charge in [-0.1, -0.05) is 147 Å². The van der Waals surface area contributed by atoms with Gasteiger partial charge in [0, 0.05) is 12.8 Å². The van der Waals surface area contributed by atoms with E-state index in [2.05, 4.69) is 50.3 Å². The largest absolute Gasteiger partial charge is 0.472 e. The highest BCUT2D eigenvalue weighted by atomic mass is 31.2. The first kappa shape index (κ1) is 54.2. The monoisotopic (exact) mass is 813 g/mol. The molecule has 10 heteroatoms. The van der Waals surface area contributed by atoms with Crippen molar-refractivity contribution in [3.05, 3.63) is 36.5 Å². The van der Waals surface area contributed by atoms with E-state index in [1.807, 2.05) is 21.1 Å². The Bertz CT molecular complexity index is 1050. The Kier molecular flexibility index (Phi) is 37.5. The van der Waals surface area contributed by atoms with Gasteiger partial charge in [-0.3, -0.25) is 18.6 Å². The average molecular weight is 813 g/mol. The lowest BCUT2D eigenvalue weighted by atomic mass is 10.1. The third-order valence-electron chi connectivity index (χ3n) is 9.64. The van der Waals surface area contributed by atoms with Crippen LogP contribution in [0.2, 0.25) is 0 Å².